The molecule has 0 unspecified atom stereocenters. The summed E-state index contributed by atoms with van der Waals surface area (Å²) in [7, 11) is -4.17. The van der Waals surface area contributed by atoms with Gasteiger partial charge in [-0.15, -0.1) is 0 Å². The summed E-state index contributed by atoms with van der Waals surface area (Å²) >= 11 is 0. The minimum atomic E-state index is -4.17. The lowest BCUT2D eigenvalue weighted by Gasteiger charge is -2.25. The minimum Gasteiger partial charge on any atom is -0.486 e. The van der Waals surface area contributed by atoms with Crippen LogP contribution in [0.25, 0.3) is 0 Å². The Labute approximate surface area is 215 Å². The monoisotopic (exact) mass is 525 g/mol. The molecule has 10 heteroatoms. The maximum atomic E-state index is 13.6. The van der Waals surface area contributed by atoms with Crippen LogP contribution in [0.15, 0.2) is 71.6 Å². The van der Waals surface area contributed by atoms with Crippen molar-refractivity contribution in [2.24, 2.45) is 0 Å². The first kappa shape index (κ1) is 24.9. The van der Waals surface area contributed by atoms with E-state index < -0.39 is 28.3 Å². The predicted molar refractivity (Wildman–Crippen MR) is 138 cm³/mol. The van der Waals surface area contributed by atoms with E-state index in [0.29, 0.717) is 37.7 Å². The third kappa shape index (κ3) is 5.48. The second-order valence-electron chi connectivity index (χ2n) is 8.86. The van der Waals surface area contributed by atoms with E-state index >= 15 is 0 Å². The molecule has 2 aliphatic heterocycles. The molecule has 1 N–H and O–H groups in total. The molecule has 194 valence electrons. The lowest BCUT2D eigenvalue weighted by atomic mass is 10.2. The molecule has 8 nitrogen and oxygen atoms in total. The van der Waals surface area contributed by atoms with E-state index in [1.807, 2.05) is 12.1 Å². The number of ether oxygens (including phenoxy) is 2. The van der Waals surface area contributed by atoms with Gasteiger partial charge < -0.3 is 19.7 Å². The summed E-state index contributed by atoms with van der Waals surface area (Å²) in [6.07, 6.45) is 1.72. The van der Waals surface area contributed by atoms with Crippen LogP contribution in [0, 0.1) is 5.82 Å². The Bertz CT molecular complexity index is 1380. The van der Waals surface area contributed by atoms with E-state index in [1.165, 1.54) is 41.6 Å². The van der Waals surface area contributed by atoms with Gasteiger partial charge in [0, 0.05) is 31.4 Å². The van der Waals surface area contributed by atoms with Gasteiger partial charge in [0.15, 0.2) is 11.5 Å². The van der Waals surface area contributed by atoms with Gasteiger partial charge in [0.25, 0.3) is 10.0 Å². The van der Waals surface area contributed by atoms with E-state index in [1.54, 1.807) is 0 Å². The normalized spacial score (nSPS) is 14.2. The first-order chi connectivity index (χ1) is 17.9. The molecule has 2 heterocycles. The fourth-order valence-corrected chi connectivity index (χ4v) is 5.99. The molecule has 1 amide bonds. The molecule has 0 atom stereocenters. The number of fused-ring (bicyclic) bond motifs is 2. The van der Waals surface area contributed by atoms with Crippen LogP contribution in [0.4, 0.5) is 15.8 Å². The number of hydrogen-bond acceptors (Lipinski definition) is 6. The van der Waals surface area contributed by atoms with E-state index in [4.69, 9.17) is 9.47 Å². The molecular weight excluding hydrogens is 497 g/mol. The number of nitrogens with zero attached hydrogens (tertiary/aromatic N) is 2. The lowest BCUT2D eigenvalue weighted by molar-refractivity contribution is -0.119. The fraction of sp³-hybridized carbons (Fsp3) is 0.296. The van der Waals surface area contributed by atoms with Gasteiger partial charge in [-0.3, -0.25) is 9.10 Å². The van der Waals surface area contributed by atoms with Crippen LogP contribution in [0.5, 0.6) is 11.5 Å². The topological polar surface area (TPSA) is 88.2 Å². The summed E-state index contributed by atoms with van der Waals surface area (Å²) in [5, 5.41) is 2.83. The zero-order valence-corrected chi connectivity index (χ0v) is 21.0. The van der Waals surface area contributed by atoms with Crippen molar-refractivity contribution in [1.29, 1.82) is 0 Å². The molecule has 5 rings (SSSR count). The molecule has 0 fully saturated rings. The zero-order chi connectivity index (χ0) is 25.8. The van der Waals surface area contributed by atoms with Crippen LogP contribution >= 0.6 is 0 Å². The van der Waals surface area contributed by atoms with Gasteiger partial charge in [-0.05, 0) is 60.9 Å². The third-order valence-corrected chi connectivity index (χ3v) is 8.18. The quantitative estimate of drug-likeness (QED) is 0.431. The second kappa shape index (κ2) is 10.7. The summed E-state index contributed by atoms with van der Waals surface area (Å²) in [6, 6.07) is 17.6. The van der Waals surface area contributed by atoms with Gasteiger partial charge in [0.1, 0.15) is 25.6 Å². The fourth-order valence-electron chi connectivity index (χ4n) is 4.56. The van der Waals surface area contributed by atoms with Crippen LogP contribution in [0.1, 0.15) is 12.0 Å². The lowest BCUT2D eigenvalue weighted by Crippen LogP contribution is -2.41. The highest BCUT2D eigenvalue weighted by Gasteiger charge is 2.29. The molecule has 2 aliphatic rings. The van der Waals surface area contributed by atoms with Gasteiger partial charge in [-0.1, -0.05) is 18.2 Å². The number of benzene rings is 3. The number of anilines is 2. The third-order valence-electron chi connectivity index (χ3n) is 6.41. The number of hydrogen-bond donors (Lipinski definition) is 1. The zero-order valence-electron chi connectivity index (χ0n) is 20.2. The largest absolute Gasteiger partial charge is 0.486 e. The van der Waals surface area contributed by atoms with E-state index in [2.05, 4.69) is 22.3 Å². The number of rotatable bonds is 9. The van der Waals surface area contributed by atoms with Gasteiger partial charge >= 0.3 is 0 Å². The minimum absolute atomic E-state index is 0.0541. The van der Waals surface area contributed by atoms with Crippen LogP contribution in [-0.4, -0.2) is 53.7 Å². The maximum Gasteiger partial charge on any atom is 0.264 e. The average molecular weight is 526 g/mol. The van der Waals surface area contributed by atoms with Crippen LogP contribution < -0.4 is 24.0 Å². The van der Waals surface area contributed by atoms with Crippen molar-refractivity contribution in [2.45, 2.75) is 17.7 Å². The number of sulfonamides is 1. The number of amides is 1. The Morgan fingerprint density at radius 3 is 2.57 bits per heavy atom. The maximum absolute atomic E-state index is 13.6. The summed E-state index contributed by atoms with van der Waals surface area (Å²) in [4.78, 5) is 15.1. The summed E-state index contributed by atoms with van der Waals surface area (Å²) in [5.74, 6) is -0.183. The summed E-state index contributed by atoms with van der Waals surface area (Å²) < 4.78 is 52.8. The second-order valence-corrected chi connectivity index (χ2v) is 10.7. The predicted octanol–water partition coefficient (Wildman–Crippen LogP) is 3.36. The molecule has 0 spiro atoms. The van der Waals surface area contributed by atoms with Gasteiger partial charge in [-0.25, -0.2) is 12.8 Å². The summed E-state index contributed by atoms with van der Waals surface area (Å²) in [6.45, 7) is 2.37. The Morgan fingerprint density at radius 1 is 1.00 bits per heavy atom. The van der Waals surface area contributed by atoms with Gasteiger partial charge in [-0.2, -0.15) is 0 Å². The van der Waals surface area contributed by atoms with Crippen molar-refractivity contribution < 1.29 is 27.1 Å². The number of halogens is 1. The molecule has 3 aromatic carbocycles. The average Bonchev–Trinajstić information content (AvgIpc) is 3.33. The molecule has 0 saturated heterocycles. The van der Waals surface area contributed by atoms with E-state index in [0.717, 1.165) is 35.9 Å². The van der Waals surface area contributed by atoms with E-state index in [9.17, 15) is 17.6 Å². The highest BCUT2D eigenvalue weighted by molar-refractivity contribution is 7.92. The molecule has 3 aromatic rings. The van der Waals surface area contributed by atoms with Crippen LogP contribution in [-0.2, 0) is 21.2 Å². The van der Waals surface area contributed by atoms with Crippen molar-refractivity contribution in [3.8, 4) is 11.5 Å². The molecule has 0 bridgehead atoms. The highest BCUT2D eigenvalue weighted by atomic mass is 32.2. The Morgan fingerprint density at radius 2 is 1.76 bits per heavy atom. The first-order valence-electron chi connectivity index (χ1n) is 12.2. The number of para-hydroxylation sites is 1. The van der Waals surface area contributed by atoms with Crippen LogP contribution in [0.2, 0.25) is 0 Å². The standard InChI is InChI=1S/C27H28FN3O5S/c28-21-6-8-22(9-7-21)31(37(33,34)23-10-11-25-26(18-23)36-17-16-35-25)19-27(32)29-13-3-14-30-15-12-20-4-1-2-5-24(20)30/h1-2,4-11,18H,3,12-17,19H2,(H,29,32). The van der Waals surface area contributed by atoms with E-state index in [-0.39, 0.29) is 10.6 Å². The Kier molecular flexibility index (Phi) is 7.18. The molecule has 0 saturated carbocycles. The molecule has 0 aliphatic carbocycles. The molecular formula is C27H28FN3O5S. The van der Waals surface area contributed by atoms with Crippen molar-refractivity contribution >= 4 is 27.3 Å². The summed E-state index contributed by atoms with van der Waals surface area (Å²) in [5.41, 5.74) is 2.73. The Balaban J connectivity index is 1.26. The molecule has 0 radical (unpaired) electrons. The smallest absolute Gasteiger partial charge is 0.264 e. The SMILES string of the molecule is O=C(CN(c1ccc(F)cc1)S(=O)(=O)c1ccc2c(c1)OCCO2)NCCCN1CCc2ccccc21. The van der Waals surface area contributed by atoms with Crippen LogP contribution in [0.3, 0.4) is 0 Å². The molecule has 37 heavy (non-hydrogen) atoms. The molecule has 0 aromatic heterocycles. The van der Waals surface area contributed by atoms with Crippen molar-refractivity contribution in [1.82, 2.24) is 5.32 Å². The first-order valence-corrected chi connectivity index (χ1v) is 13.6. The number of carbonyl (C=O) groups is 1. The van der Waals surface area contributed by atoms with Crippen molar-refractivity contribution in [2.75, 3.05) is 48.6 Å². The van der Waals surface area contributed by atoms with Crippen molar-refractivity contribution in [3.63, 3.8) is 0 Å². The highest BCUT2D eigenvalue weighted by Crippen LogP contribution is 2.34. The van der Waals surface area contributed by atoms with Crippen molar-refractivity contribution in [3.05, 3.63) is 78.1 Å². The number of nitrogens with one attached hydrogen (secondary N) is 1. The van der Waals surface area contributed by atoms with Gasteiger partial charge in [0.05, 0.1) is 10.6 Å². The van der Waals surface area contributed by atoms with Gasteiger partial charge in [0.2, 0.25) is 5.91 Å². The Hall–Kier alpha value is -3.79. The number of carbonyl (C=O) groups excluding carboxylic acids is 1.